The van der Waals surface area contributed by atoms with Crippen molar-refractivity contribution in [1.82, 2.24) is 0 Å². The first-order valence-corrected chi connectivity index (χ1v) is 12.1. The Balaban J connectivity index is 1.96. The van der Waals surface area contributed by atoms with E-state index in [0.717, 1.165) is 62.6 Å². The molecule has 4 rings (SSSR count). The van der Waals surface area contributed by atoms with Crippen LogP contribution >= 0.6 is 0 Å². The second-order valence-electron chi connectivity index (χ2n) is 8.91. The summed E-state index contributed by atoms with van der Waals surface area (Å²) in [6.07, 6.45) is 0.928. The SMILES string of the molecule is CCc1cc(-c2ccc(OC)c(C)c2)c(-c2ccc(OC)c(C)c2)c(OCc2ccccc2)c1C. The van der Waals surface area contributed by atoms with E-state index < -0.39 is 0 Å². The molecule has 0 saturated heterocycles. The zero-order chi connectivity index (χ0) is 24.9. The van der Waals surface area contributed by atoms with E-state index in [1.807, 2.05) is 30.3 Å². The highest BCUT2D eigenvalue weighted by atomic mass is 16.5. The molecule has 4 aromatic carbocycles. The van der Waals surface area contributed by atoms with Crippen LogP contribution in [-0.4, -0.2) is 14.2 Å². The molecule has 35 heavy (non-hydrogen) atoms. The molecule has 0 N–H and O–H groups in total. The number of ether oxygens (including phenoxy) is 3. The van der Waals surface area contributed by atoms with Crippen LogP contribution in [0.3, 0.4) is 0 Å². The van der Waals surface area contributed by atoms with E-state index in [0.29, 0.717) is 6.61 Å². The fraction of sp³-hybridized carbons (Fsp3) is 0.250. The molecule has 0 saturated carbocycles. The third-order valence-electron chi connectivity index (χ3n) is 6.63. The zero-order valence-corrected chi connectivity index (χ0v) is 21.6. The van der Waals surface area contributed by atoms with Gasteiger partial charge in [-0.1, -0.05) is 55.5 Å². The Hall–Kier alpha value is -3.72. The Morgan fingerprint density at radius 3 is 1.86 bits per heavy atom. The van der Waals surface area contributed by atoms with Crippen molar-refractivity contribution in [1.29, 1.82) is 0 Å². The maximum absolute atomic E-state index is 6.63. The summed E-state index contributed by atoms with van der Waals surface area (Å²) in [5, 5.41) is 0. The van der Waals surface area contributed by atoms with Crippen LogP contribution in [0.5, 0.6) is 17.2 Å². The Morgan fingerprint density at radius 2 is 1.29 bits per heavy atom. The second-order valence-corrected chi connectivity index (χ2v) is 8.91. The van der Waals surface area contributed by atoms with Gasteiger partial charge in [0.2, 0.25) is 0 Å². The summed E-state index contributed by atoms with van der Waals surface area (Å²) in [6.45, 7) is 9.04. The molecular weight excluding hydrogens is 432 g/mol. The first-order chi connectivity index (χ1) is 17.0. The van der Waals surface area contributed by atoms with E-state index in [-0.39, 0.29) is 0 Å². The Morgan fingerprint density at radius 1 is 0.686 bits per heavy atom. The van der Waals surface area contributed by atoms with Crippen LogP contribution in [0.15, 0.2) is 72.8 Å². The van der Waals surface area contributed by atoms with Gasteiger partial charge >= 0.3 is 0 Å². The molecule has 0 fully saturated rings. The lowest BCUT2D eigenvalue weighted by Crippen LogP contribution is -2.03. The molecule has 4 aromatic rings. The van der Waals surface area contributed by atoms with Gasteiger partial charge in [-0.15, -0.1) is 0 Å². The van der Waals surface area contributed by atoms with Gasteiger partial charge in [0.25, 0.3) is 0 Å². The van der Waals surface area contributed by atoms with Crippen LogP contribution in [0.4, 0.5) is 0 Å². The van der Waals surface area contributed by atoms with Crippen molar-refractivity contribution in [2.24, 2.45) is 0 Å². The van der Waals surface area contributed by atoms with Crippen molar-refractivity contribution in [3.8, 4) is 39.5 Å². The molecule has 0 atom stereocenters. The number of hydrogen-bond donors (Lipinski definition) is 0. The second kappa shape index (κ2) is 10.7. The van der Waals surface area contributed by atoms with Crippen molar-refractivity contribution in [2.45, 2.75) is 40.7 Å². The van der Waals surface area contributed by atoms with Gasteiger partial charge in [-0.05, 0) is 96.0 Å². The van der Waals surface area contributed by atoms with Gasteiger partial charge in [0.1, 0.15) is 23.9 Å². The summed E-state index contributed by atoms with van der Waals surface area (Å²) < 4.78 is 17.7. The topological polar surface area (TPSA) is 27.7 Å². The summed E-state index contributed by atoms with van der Waals surface area (Å²) >= 11 is 0. The maximum Gasteiger partial charge on any atom is 0.131 e. The molecule has 0 spiro atoms. The summed E-state index contributed by atoms with van der Waals surface area (Å²) in [7, 11) is 3.42. The molecular formula is C32H34O3. The predicted octanol–water partition coefficient (Wildman–Crippen LogP) is 8.10. The van der Waals surface area contributed by atoms with Gasteiger partial charge < -0.3 is 14.2 Å². The first kappa shape index (κ1) is 24.4. The normalized spacial score (nSPS) is 10.8. The van der Waals surface area contributed by atoms with E-state index in [4.69, 9.17) is 14.2 Å². The Labute approximate surface area is 209 Å². The van der Waals surface area contributed by atoms with Crippen LogP contribution in [0.2, 0.25) is 0 Å². The minimum atomic E-state index is 0.512. The molecule has 0 amide bonds. The van der Waals surface area contributed by atoms with E-state index in [2.05, 4.69) is 70.2 Å². The van der Waals surface area contributed by atoms with Gasteiger partial charge in [-0.3, -0.25) is 0 Å². The quantitative estimate of drug-likeness (QED) is 0.262. The molecule has 0 unspecified atom stereocenters. The van der Waals surface area contributed by atoms with E-state index in [1.54, 1.807) is 14.2 Å². The molecule has 0 aliphatic heterocycles. The smallest absolute Gasteiger partial charge is 0.131 e. The van der Waals surface area contributed by atoms with Gasteiger partial charge in [-0.2, -0.15) is 0 Å². The van der Waals surface area contributed by atoms with Gasteiger partial charge in [-0.25, -0.2) is 0 Å². The molecule has 0 aliphatic rings. The van der Waals surface area contributed by atoms with Crippen LogP contribution in [-0.2, 0) is 13.0 Å². The van der Waals surface area contributed by atoms with Crippen molar-refractivity contribution >= 4 is 0 Å². The van der Waals surface area contributed by atoms with Crippen molar-refractivity contribution < 1.29 is 14.2 Å². The first-order valence-electron chi connectivity index (χ1n) is 12.1. The molecule has 0 aromatic heterocycles. The molecule has 3 nitrogen and oxygen atoms in total. The standard InChI is InChI=1S/C32H34O3/c1-7-25-19-28(26-13-15-29(33-5)21(2)17-26)31(27-14-16-30(34-6)22(3)18-27)32(23(25)4)35-20-24-11-9-8-10-12-24/h8-19H,7,20H2,1-6H3. The van der Waals surface area contributed by atoms with Crippen molar-refractivity contribution in [3.05, 3.63) is 101 Å². The molecule has 0 bridgehead atoms. The van der Waals surface area contributed by atoms with Crippen LogP contribution in [0.25, 0.3) is 22.3 Å². The summed E-state index contributed by atoms with van der Waals surface area (Å²) in [6, 6.07) is 25.4. The van der Waals surface area contributed by atoms with Crippen LogP contribution in [0.1, 0.15) is 34.7 Å². The molecule has 0 radical (unpaired) electrons. The lowest BCUT2D eigenvalue weighted by molar-refractivity contribution is 0.305. The Kier molecular flexibility index (Phi) is 7.45. The molecule has 0 heterocycles. The molecule has 180 valence electrons. The monoisotopic (exact) mass is 466 g/mol. The van der Waals surface area contributed by atoms with Crippen molar-refractivity contribution in [2.75, 3.05) is 14.2 Å². The third kappa shape index (κ3) is 5.05. The van der Waals surface area contributed by atoms with E-state index in [9.17, 15) is 0 Å². The summed E-state index contributed by atoms with van der Waals surface area (Å²) in [4.78, 5) is 0. The minimum Gasteiger partial charge on any atom is -0.496 e. The fourth-order valence-electron chi connectivity index (χ4n) is 4.68. The minimum absolute atomic E-state index is 0.512. The largest absolute Gasteiger partial charge is 0.496 e. The predicted molar refractivity (Wildman–Crippen MR) is 145 cm³/mol. The van der Waals surface area contributed by atoms with Gasteiger partial charge in [0.05, 0.1) is 14.2 Å². The third-order valence-corrected chi connectivity index (χ3v) is 6.63. The van der Waals surface area contributed by atoms with E-state index >= 15 is 0 Å². The average molecular weight is 467 g/mol. The molecule has 0 aliphatic carbocycles. The highest BCUT2D eigenvalue weighted by Crippen LogP contribution is 2.45. The Bertz CT molecular complexity index is 1320. The summed E-state index contributed by atoms with van der Waals surface area (Å²) in [5.41, 5.74) is 10.3. The summed E-state index contributed by atoms with van der Waals surface area (Å²) in [5.74, 6) is 2.70. The fourth-order valence-corrected chi connectivity index (χ4v) is 4.68. The number of rotatable bonds is 8. The zero-order valence-electron chi connectivity index (χ0n) is 21.6. The lowest BCUT2D eigenvalue weighted by Gasteiger charge is -2.22. The number of aryl methyl sites for hydroxylation is 3. The van der Waals surface area contributed by atoms with Crippen LogP contribution < -0.4 is 14.2 Å². The lowest BCUT2D eigenvalue weighted by atomic mass is 9.87. The van der Waals surface area contributed by atoms with Gasteiger partial charge in [0, 0.05) is 5.56 Å². The highest BCUT2D eigenvalue weighted by molar-refractivity contribution is 5.90. The number of methoxy groups -OCH3 is 2. The van der Waals surface area contributed by atoms with Crippen LogP contribution in [0, 0.1) is 20.8 Å². The number of benzene rings is 4. The van der Waals surface area contributed by atoms with E-state index in [1.165, 1.54) is 11.1 Å². The highest BCUT2D eigenvalue weighted by Gasteiger charge is 2.20. The average Bonchev–Trinajstić information content (AvgIpc) is 2.88. The van der Waals surface area contributed by atoms with Gasteiger partial charge in [0.15, 0.2) is 0 Å². The van der Waals surface area contributed by atoms with Crippen molar-refractivity contribution in [3.63, 3.8) is 0 Å². The maximum atomic E-state index is 6.63. The molecule has 3 heteroatoms. The number of hydrogen-bond acceptors (Lipinski definition) is 3.